The second-order valence-corrected chi connectivity index (χ2v) is 3.33. The van der Waals surface area contributed by atoms with Crippen molar-refractivity contribution in [3.8, 4) is 0 Å². The highest BCUT2D eigenvalue weighted by Crippen LogP contribution is 2.31. The quantitative estimate of drug-likeness (QED) is 0.861. The number of hydrogen-bond donors (Lipinski definition) is 1. The molecule has 0 saturated carbocycles. The fourth-order valence-corrected chi connectivity index (χ4v) is 1.38. The second-order valence-electron chi connectivity index (χ2n) is 3.33. The molecule has 1 aromatic carbocycles. The summed E-state index contributed by atoms with van der Waals surface area (Å²) in [5.41, 5.74) is 5.12. The number of fused-ring (bicyclic) bond motifs is 1. The molecule has 16 heavy (non-hydrogen) atoms. The lowest BCUT2D eigenvalue weighted by Gasteiger charge is -2.04. The van der Waals surface area contributed by atoms with Crippen LogP contribution in [-0.4, -0.2) is 11.5 Å². The van der Waals surface area contributed by atoms with Gasteiger partial charge in [-0.25, -0.2) is 4.98 Å². The summed E-state index contributed by atoms with van der Waals surface area (Å²) in [6.45, 7) is 0.346. The van der Waals surface area contributed by atoms with Crippen LogP contribution < -0.4 is 5.73 Å². The second kappa shape index (κ2) is 3.79. The van der Waals surface area contributed by atoms with Gasteiger partial charge in [0.15, 0.2) is 11.5 Å². The molecule has 86 valence electrons. The van der Waals surface area contributed by atoms with Crippen molar-refractivity contribution in [2.45, 2.75) is 12.6 Å². The Morgan fingerprint density at radius 3 is 2.69 bits per heavy atom. The minimum Gasteiger partial charge on any atom is -0.441 e. The van der Waals surface area contributed by atoms with Gasteiger partial charge in [-0.15, -0.1) is 0 Å². The molecule has 0 spiro atoms. The fourth-order valence-electron chi connectivity index (χ4n) is 1.38. The summed E-state index contributed by atoms with van der Waals surface area (Å²) in [5, 5.41) is 0. The standard InChI is InChI=1S/C10H9F3N2O/c11-10(12,13)6-1-2-8-7(5-6)15-9(16-8)3-4-14/h1-2,5H,3-4,14H2. The minimum atomic E-state index is -4.36. The first-order valence-electron chi connectivity index (χ1n) is 4.67. The van der Waals surface area contributed by atoms with Gasteiger partial charge in [-0.1, -0.05) is 0 Å². The zero-order chi connectivity index (χ0) is 11.8. The van der Waals surface area contributed by atoms with Crippen molar-refractivity contribution in [1.29, 1.82) is 0 Å². The molecule has 2 rings (SSSR count). The van der Waals surface area contributed by atoms with Gasteiger partial charge >= 0.3 is 6.18 Å². The molecule has 0 bridgehead atoms. The average Bonchev–Trinajstić information content (AvgIpc) is 2.57. The third kappa shape index (κ3) is 2.01. The number of hydrogen-bond acceptors (Lipinski definition) is 3. The number of alkyl halides is 3. The molecule has 0 aliphatic carbocycles. The Morgan fingerprint density at radius 2 is 2.06 bits per heavy atom. The third-order valence-corrected chi connectivity index (χ3v) is 2.12. The van der Waals surface area contributed by atoms with Crippen molar-refractivity contribution >= 4 is 11.1 Å². The molecule has 3 nitrogen and oxygen atoms in total. The number of halogens is 3. The van der Waals surface area contributed by atoms with Crippen molar-refractivity contribution in [3.63, 3.8) is 0 Å². The Hall–Kier alpha value is -1.56. The van der Waals surface area contributed by atoms with Crippen LogP contribution in [0.1, 0.15) is 11.5 Å². The van der Waals surface area contributed by atoms with E-state index in [9.17, 15) is 13.2 Å². The topological polar surface area (TPSA) is 52.0 Å². The molecular weight excluding hydrogens is 221 g/mol. The Morgan fingerprint density at radius 1 is 1.31 bits per heavy atom. The molecule has 1 aromatic heterocycles. The van der Waals surface area contributed by atoms with Gasteiger partial charge in [-0.3, -0.25) is 0 Å². The van der Waals surface area contributed by atoms with E-state index in [0.29, 0.717) is 24.4 Å². The predicted octanol–water partition coefficient (Wildman–Crippen LogP) is 2.35. The summed E-state index contributed by atoms with van der Waals surface area (Å²) >= 11 is 0. The first-order valence-corrected chi connectivity index (χ1v) is 4.67. The molecule has 1 heterocycles. The van der Waals surface area contributed by atoms with Crippen LogP contribution in [0.25, 0.3) is 11.1 Å². The van der Waals surface area contributed by atoms with E-state index >= 15 is 0 Å². The Bertz CT molecular complexity index is 504. The lowest BCUT2D eigenvalue weighted by atomic mass is 10.2. The van der Waals surface area contributed by atoms with E-state index in [0.717, 1.165) is 12.1 Å². The molecule has 6 heteroatoms. The number of rotatable bonds is 2. The monoisotopic (exact) mass is 230 g/mol. The van der Waals surface area contributed by atoms with Gasteiger partial charge in [0.1, 0.15) is 5.52 Å². The molecule has 0 fully saturated rings. The van der Waals surface area contributed by atoms with Crippen LogP contribution in [0.2, 0.25) is 0 Å². The van der Waals surface area contributed by atoms with Crippen LogP contribution in [0.3, 0.4) is 0 Å². The number of nitrogens with two attached hydrogens (primary N) is 1. The summed E-state index contributed by atoms with van der Waals surface area (Å²) in [6, 6.07) is 3.21. The van der Waals surface area contributed by atoms with E-state index in [-0.39, 0.29) is 5.52 Å². The van der Waals surface area contributed by atoms with E-state index in [1.165, 1.54) is 6.07 Å². The summed E-state index contributed by atoms with van der Waals surface area (Å²) in [4.78, 5) is 3.93. The Kier molecular flexibility index (Phi) is 2.59. The van der Waals surface area contributed by atoms with Gasteiger partial charge in [0.25, 0.3) is 0 Å². The normalized spacial score (nSPS) is 12.2. The third-order valence-electron chi connectivity index (χ3n) is 2.12. The molecular formula is C10H9F3N2O. The zero-order valence-corrected chi connectivity index (χ0v) is 8.21. The van der Waals surface area contributed by atoms with Crippen LogP contribution >= 0.6 is 0 Å². The fraction of sp³-hybridized carbons (Fsp3) is 0.300. The summed E-state index contributed by atoms with van der Waals surface area (Å²) in [7, 11) is 0. The molecule has 0 aliphatic rings. The number of oxazole rings is 1. The van der Waals surface area contributed by atoms with Crippen molar-refractivity contribution in [2.75, 3.05) is 6.54 Å². The highest BCUT2D eigenvalue weighted by atomic mass is 19.4. The maximum Gasteiger partial charge on any atom is 0.416 e. The maximum absolute atomic E-state index is 12.4. The number of benzene rings is 1. The van der Waals surface area contributed by atoms with Gasteiger partial charge in [0, 0.05) is 13.0 Å². The van der Waals surface area contributed by atoms with Crippen LogP contribution in [0.5, 0.6) is 0 Å². The summed E-state index contributed by atoms with van der Waals surface area (Å²) in [6.07, 6.45) is -3.95. The lowest BCUT2D eigenvalue weighted by Crippen LogP contribution is -2.04. The van der Waals surface area contributed by atoms with Crippen LogP contribution in [0, 0.1) is 0 Å². The largest absolute Gasteiger partial charge is 0.441 e. The van der Waals surface area contributed by atoms with Crippen molar-refractivity contribution in [3.05, 3.63) is 29.7 Å². The molecule has 0 unspecified atom stereocenters. The van der Waals surface area contributed by atoms with Crippen molar-refractivity contribution < 1.29 is 17.6 Å². The van der Waals surface area contributed by atoms with E-state index in [4.69, 9.17) is 10.2 Å². The highest BCUT2D eigenvalue weighted by Gasteiger charge is 2.30. The molecule has 0 saturated heterocycles. The molecule has 2 aromatic rings. The van der Waals surface area contributed by atoms with Gasteiger partial charge in [0.05, 0.1) is 5.56 Å². The van der Waals surface area contributed by atoms with E-state index in [2.05, 4.69) is 4.98 Å². The van der Waals surface area contributed by atoms with E-state index in [1.54, 1.807) is 0 Å². The maximum atomic E-state index is 12.4. The van der Waals surface area contributed by atoms with Crippen molar-refractivity contribution in [1.82, 2.24) is 4.98 Å². The predicted molar refractivity (Wildman–Crippen MR) is 51.8 cm³/mol. The van der Waals surface area contributed by atoms with E-state index < -0.39 is 11.7 Å². The van der Waals surface area contributed by atoms with Gasteiger partial charge in [0.2, 0.25) is 0 Å². The SMILES string of the molecule is NCCc1nc2cc(C(F)(F)F)ccc2o1. The van der Waals surface area contributed by atoms with E-state index in [1.807, 2.05) is 0 Å². The lowest BCUT2D eigenvalue weighted by molar-refractivity contribution is -0.137. The highest BCUT2D eigenvalue weighted by molar-refractivity contribution is 5.73. The van der Waals surface area contributed by atoms with Gasteiger partial charge in [-0.2, -0.15) is 13.2 Å². The van der Waals surface area contributed by atoms with Crippen molar-refractivity contribution in [2.24, 2.45) is 5.73 Å². The molecule has 0 amide bonds. The smallest absolute Gasteiger partial charge is 0.416 e. The average molecular weight is 230 g/mol. The first-order chi connectivity index (χ1) is 7.50. The van der Waals surface area contributed by atoms with Gasteiger partial charge < -0.3 is 10.2 Å². The van der Waals surface area contributed by atoms with Crippen LogP contribution in [0.4, 0.5) is 13.2 Å². The van der Waals surface area contributed by atoms with Crippen LogP contribution in [-0.2, 0) is 12.6 Å². The number of nitrogens with zero attached hydrogens (tertiary/aromatic N) is 1. The molecule has 0 radical (unpaired) electrons. The number of aromatic nitrogens is 1. The summed E-state index contributed by atoms with van der Waals surface area (Å²) < 4.78 is 42.4. The minimum absolute atomic E-state index is 0.207. The van der Waals surface area contributed by atoms with Crippen LogP contribution in [0.15, 0.2) is 22.6 Å². The zero-order valence-electron chi connectivity index (χ0n) is 8.21. The van der Waals surface area contributed by atoms with Gasteiger partial charge in [-0.05, 0) is 18.2 Å². The Labute approximate surface area is 89.1 Å². The first kappa shape index (κ1) is 10.9. The molecule has 2 N–H and O–H groups in total. The Balaban J connectivity index is 2.46. The molecule has 0 aliphatic heterocycles. The summed E-state index contributed by atoms with van der Waals surface area (Å²) in [5.74, 6) is 0.358. The molecule has 0 atom stereocenters.